The second-order valence-electron chi connectivity index (χ2n) is 6.66. The zero-order valence-electron chi connectivity index (χ0n) is 14.1. The van der Waals surface area contributed by atoms with Crippen LogP contribution in [0.2, 0.25) is 0 Å². The maximum atomic E-state index is 13.6. The van der Waals surface area contributed by atoms with Crippen LogP contribution in [0.5, 0.6) is 0 Å². The van der Waals surface area contributed by atoms with Crippen LogP contribution < -0.4 is 4.90 Å². The molecule has 0 unspecified atom stereocenters. The number of carbonyl (C=O) groups excluding carboxylic acids is 1. The van der Waals surface area contributed by atoms with Gasteiger partial charge in [-0.2, -0.15) is 0 Å². The first kappa shape index (κ1) is 15.6. The summed E-state index contributed by atoms with van der Waals surface area (Å²) in [4.78, 5) is 15.5. The molecule has 4 rings (SSSR count). The van der Waals surface area contributed by atoms with Gasteiger partial charge in [0.2, 0.25) is 5.91 Å². The monoisotopic (exact) mass is 327 g/mol. The average Bonchev–Trinajstić information content (AvgIpc) is 3.50. The van der Waals surface area contributed by atoms with Gasteiger partial charge >= 0.3 is 0 Å². The summed E-state index contributed by atoms with van der Waals surface area (Å²) in [5.41, 5.74) is 2.88. The molecule has 0 aromatic heterocycles. The summed E-state index contributed by atoms with van der Waals surface area (Å²) >= 11 is 0. The van der Waals surface area contributed by atoms with Crippen LogP contribution in [-0.2, 0) is 16.8 Å². The van der Waals surface area contributed by atoms with Gasteiger partial charge in [-0.05, 0) is 36.1 Å². The van der Waals surface area contributed by atoms with E-state index in [1.807, 2.05) is 71.6 Å². The fourth-order valence-electron chi connectivity index (χ4n) is 3.42. The minimum absolute atomic E-state index is 0.203. The van der Waals surface area contributed by atoms with E-state index in [1.165, 1.54) is 0 Å². The molecule has 2 heteroatoms. The van der Waals surface area contributed by atoms with Crippen molar-refractivity contribution in [3.63, 3.8) is 0 Å². The normalized spacial score (nSPS) is 14.7. The lowest BCUT2D eigenvalue weighted by molar-refractivity contribution is -0.121. The summed E-state index contributed by atoms with van der Waals surface area (Å²) in [6, 6.07) is 30.4. The Labute approximate surface area is 148 Å². The van der Waals surface area contributed by atoms with E-state index < -0.39 is 0 Å². The number of amides is 1. The Kier molecular flexibility index (Phi) is 4.10. The van der Waals surface area contributed by atoms with Crippen molar-refractivity contribution in [2.75, 3.05) is 4.90 Å². The quantitative estimate of drug-likeness (QED) is 0.649. The molecule has 0 aliphatic heterocycles. The van der Waals surface area contributed by atoms with Crippen LogP contribution in [0, 0.1) is 0 Å². The van der Waals surface area contributed by atoms with Crippen LogP contribution in [-0.4, -0.2) is 5.91 Å². The van der Waals surface area contributed by atoms with Gasteiger partial charge in [0.05, 0.1) is 12.0 Å². The van der Waals surface area contributed by atoms with Crippen LogP contribution in [0.3, 0.4) is 0 Å². The van der Waals surface area contributed by atoms with Crippen LogP contribution in [0.25, 0.3) is 0 Å². The third-order valence-corrected chi connectivity index (χ3v) is 4.98. The smallest absolute Gasteiger partial charge is 0.237 e. The molecule has 3 aromatic carbocycles. The molecule has 1 aliphatic rings. The van der Waals surface area contributed by atoms with E-state index in [9.17, 15) is 4.79 Å². The van der Waals surface area contributed by atoms with Gasteiger partial charge in [0.1, 0.15) is 0 Å². The topological polar surface area (TPSA) is 20.3 Å². The Hall–Kier alpha value is -2.87. The van der Waals surface area contributed by atoms with Crippen molar-refractivity contribution in [1.29, 1.82) is 0 Å². The molecule has 0 spiro atoms. The highest BCUT2D eigenvalue weighted by Gasteiger charge is 2.53. The van der Waals surface area contributed by atoms with Gasteiger partial charge in [-0.3, -0.25) is 4.79 Å². The molecule has 0 heterocycles. The maximum Gasteiger partial charge on any atom is 0.237 e. The first-order valence-corrected chi connectivity index (χ1v) is 8.76. The number of hydrogen-bond donors (Lipinski definition) is 0. The van der Waals surface area contributed by atoms with Gasteiger partial charge in [-0.25, -0.2) is 0 Å². The maximum absolute atomic E-state index is 13.6. The molecule has 1 fully saturated rings. The predicted molar refractivity (Wildman–Crippen MR) is 101 cm³/mol. The van der Waals surface area contributed by atoms with Gasteiger partial charge in [-0.15, -0.1) is 0 Å². The Balaban J connectivity index is 1.70. The van der Waals surface area contributed by atoms with E-state index >= 15 is 0 Å². The fraction of sp³-hybridized carbons (Fsp3) is 0.174. The number of benzene rings is 3. The van der Waals surface area contributed by atoms with E-state index in [4.69, 9.17) is 0 Å². The summed E-state index contributed by atoms with van der Waals surface area (Å²) in [6.07, 6.45) is 1.85. The van der Waals surface area contributed by atoms with Gasteiger partial charge in [-0.1, -0.05) is 78.9 Å². The summed E-state index contributed by atoms with van der Waals surface area (Å²) < 4.78 is 0. The molecule has 0 bridgehead atoms. The number of nitrogens with zero attached hydrogens (tertiary/aromatic N) is 1. The molecule has 1 saturated carbocycles. The molecule has 25 heavy (non-hydrogen) atoms. The lowest BCUT2D eigenvalue weighted by Gasteiger charge is -2.28. The van der Waals surface area contributed by atoms with Gasteiger partial charge in [0, 0.05) is 5.69 Å². The highest BCUT2D eigenvalue weighted by Crippen LogP contribution is 2.50. The van der Waals surface area contributed by atoms with Gasteiger partial charge in [0.15, 0.2) is 0 Å². The number of rotatable bonds is 5. The number of carbonyl (C=O) groups is 1. The molecule has 0 atom stereocenters. The summed E-state index contributed by atoms with van der Waals surface area (Å²) in [7, 11) is 0. The molecule has 0 radical (unpaired) electrons. The van der Waals surface area contributed by atoms with Crippen molar-refractivity contribution in [2.24, 2.45) is 0 Å². The first-order valence-electron chi connectivity index (χ1n) is 8.76. The molecular weight excluding hydrogens is 306 g/mol. The Morgan fingerprint density at radius 2 is 1.28 bits per heavy atom. The van der Waals surface area contributed by atoms with Crippen molar-refractivity contribution < 1.29 is 4.79 Å². The van der Waals surface area contributed by atoms with Crippen LogP contribution >= 0.6 is 0 Å². The standard InChI is InChI=1S/C23H21NO/c25-22(23(16-17-23)20-12-6-2-7-13-20)24(21-14-8-3-9-15-21)18-19-10-4-1-5-11-19/h1-15H,16-18H2. The predicted octanol–water partition coefficient (Wildman–Crippen LogP) is 4.95. The summed E-state index contributed by atoms with van der Waals surface area (Å²) in [6.45, 7) is 0.596. The van der Waals surface area contributed by atoms with Crippen LogP contribution in [0.4, 0.5) is 5.69 Å². The second-order valence-corrected chi connectivity index (χ2v) is 6.66. The van der Waals surface area contributed by atoms with E-state index in [0.29, 0.717) is 6.54 Å². The molecule has 124 valence electrons. The Bertz CT molecular complexity index is 839. The summed E-state index contributed by atoms with van der Waals surface area (Å²) in [5, 5.41) is 0. The van der Waals surface area contributed by atoms with Crippen molar-refractivity contribution in [2.45, 2.75) is 24.8 Å². The summed E-state index contributed by atoms with van der Waals surface area (Å²) in [5.74, 6) is 0.203. The molecule has 1 amide bonds. The SMILES string of the molecule is O=C(N(Cc1ccccc1)c1ccccc1)C1(c2ccccc2)CC1. The molecular formula is C23H21NO. The van der Waals surface area contributed by atoms with Crippen LogP contribution in [0.1, 0.15) is 24.0 Å². The van der Waals surface area contributed by atoms with E-state index in [2.05, 4.69) is 24.3 Å². The number of hydrogen-bond acceptors (Lipinski definition) is 1. The van der Waals surface area contributed by atoms with E-state index in [1.54, 1.807) is 0 Å². The average molecular weight is 327 g/mol. The van der Waals surface area contributed by atoms with Gasteiger partial charge < -0.3 is 4.90 Å². The van der Waals surface area contributed by atoms with E-state index in [0.717, 1.165) is 29.7 Å². The molecule has 0 N–H and O–H groups in total. The van der Waals surface area contributed by atoms with Crippen molar-refractivity contribution in [3.05, 3.63) is 102 Å². The zero-order chi connectivity index (χ0) is 17.1. The third kappa shape index (κ3) is 3.08. The van der Waals surface area contributed by atoms with Crippen molar-refractivity contribution in [3.8, 4) is 0 Å². The minimum atomic E-state index is -0.355. The third-order valence-electron chi connectivity index (χ3n) is 4.98. The van der Waals surface area contributed by atoms with Gasteiger partial charge in [0.25, 0.3) is 0 Å². The highest BCUT2D eigenvalue weighted by molar-refractivity contribution is 6.03. The Morgan fingerprint density at radius 1 is 0.760 bits per heavy atom. The zero-order valence-corrected chi connectivity index (χ0v) is 14.1. The van der Waals surface area contributed by atoms with E-state index in [-0.39, 0.29) is 11.3 Å². The van der Waals surface area contributed by atoms with Crippen molar-refractivity contribution >= 4 is 11.6 Å². The lowest BCUT2D eigenvalue weighted by Crippen LogP contribution is -2.39. The fourth-order valence-corrected chi connectivity index (χ4v) is 3.42. The van der Waals surface area contributed by atoms with Crippen molar-refractivity contribution in [1.82, 2.24) is 0 Å². The molecule has 3 aromatic rings. The van der Waals surface area contributed by atoms with Crippen LogP contribution in [0.15, 0.2) is 91.0 Å². The molecule has 0 saturated heterocycles. The molecule has 2 nitrogen and oxygen atoms in total. The molecule has 1 aliphatic carbocycles. The lowest BCUT2D eigenvalue weighted by atomic mass is 9.94. The second kappa shape index (κ2) is 6.56. The minimum Gasteiger partial charge on any atom is -0.307 e. The highest BCUT2D eigenvalue weighted by atomic mass is 16.2. The Morgan fingerprint density at radius 3 is 1.84 bits per heavy atom. The number of anilines is 1. The first-order chi connectivity index (χ1) is 12.3. The largest absolute Gasteiger partial charge is 0.307 e. The number of para-hydroxylation sites is 1.